The van der Waals surface area contributed by atoms with Gasteiger partial charge in [0, 0.05) is 30.2 Å². The van der Waals surface area contributed by atoms with Crippen molar-refractivity contribution in [1.29, 1.82) is 0 Å². The van der Waals surface area contributed by atoms with Crippen LogP contribution < -0.4 is 5.32 Å². The van der Waals surface area contributed by atoms with E-state index in [-0.39, 0.29) is 0 Å². The van der Waals surface area contributed by atoms with Gasteiger partial charge in [-0.05, 0) is 43.9 Å². The smallest absolute Gasteiger partial charge is 0.0522 e. The number of hydrogen-bond acceptors (Lipinski definition) is 3. The Kier molecular flexibility index (Phi) is 5.05. The molecule has 1 aromatic heterocycles. The summed E-state index contributed by atoms with van der Waals surface area (Å²) in [6.45, 7) is 6.07. The highest BCUT2D eigenvalue weighted by atomic mass is 32.2. The summed E-state index contributed by atoms with van der Waals surface area (Å²) in [5.74, 6) is 0. The Bertz CT molecular complexity index is 504. The molecule has 0 aliphatic carbocycles. The van der Waals surface area contributed by atoms with Crippen LogP contribution in [0.4, 0.5) is 0 Å². The largest absolute Gasteiger partial charge is 0.305 e. The molecule has 0 radical (unpaired) electrons. The molecule has 0 aliphatic heterocycles. The lowest BCUT2D eigenvalue weighted by Crippen LogP contribution is -2.20. The van der Waals surface area contributed by atoms with Gasteiger partial charge >= 0.3 is 0 Å². The van der Waals surface area contributed by atoms with Crippen LogP contribution in [0.25, 0.3) is 0 Å². The lowest BCUT2D eigenvalue weighted by atomic mass is 10.1. The van der Waals surface area contributed by atoms with Crippen molar-refractivity contribution in [2.45, 2.75) is 37.9 Å². The fraction of sp³-hybridized carbons (Fsp3) is 0.400. The van der Waals surface area contributed by atoms with Crippen LogP contribution in [-0.2, 0) is 13.1 Å². The molecule has 0 amide bonds. The van der Waals surface area contributed by atoms with E-state index in [4.69, 9.17) is 0 Å². The Morgan fingerprint density at radius 3 is 2.63 bits per heavy atom. The Morgan fingerprint density at radius 2 is 2.00 bits per heavy atom. The molecule has 0 spiro atoms. The molecular weight excluding hydrogens is 254 g/mol. The Balaban J connectivity index is 1.95. The van der Waals surface area contributed by atoms with Crippen molar-refractivity contribution in [3.05, 3.63) is 47.8 Å². The minimum Gasteiger partial charge on any atom is -0.305 e. The predicted molar refractivity (Wildman–Crippen MR) is 81.4 cm³/mol. The zero-order valence-corrected chi connectivity index (χ0v) is 12.6. The molecule has 1 aromatic carbocycles. The van der Waals surface area contributed by atoms with Crippen LogP contribution in [0.2, 0.25) is 0 Å². The highest BCUT2D eigenvalue weighted by Crippen LogP contribution is 2.19. The van der Waals surface area contributed by atoms with Crippen LogP contribution in [-0.4, -0.2) is 16.0 Å². The van der Waals surface area contributed by atoms with Gasteiger partial charge in [0.25, 0.3) is 0 Å². The fourth-order valence-electron chi connectivity index (χ4n) is 2.06. The minimum absolute atomic E-state index is 0.344. The lowest BCUT2D eigenvalue weighted by Gasteiger charge is -2.15. The predicted octanol–water partition coefficient (Wildman–Crippen LogP) is 3.48. The molecule has 1 unspecified atom stereocenters. The third-order valence-electron chi connectivity index (χ3n) is 3.31. The summed E-state index contributed by atoms with van der Waals surface area (Å²) < 4.78 is 2.02. The van der Waals surface area contributed by atoms with Crippen molar-refractivity contribution < 1.29 is 0 Å². The second-order valence-corrected chi connectivity index (χ2v) is 5.39. The van der Waals surface area contributed by atoms with Crippen molar-refractivity contribution in [2.75, 3.05) is 6.26 Å². The molecule has 0 saturated heterocycles. The molecule has 1 heterocycles. The molecule has 102 valence electrons. The van der Waals surface area contributed by atoms with Crippen molar-refractivity contribution in [3.8, 4) is 0 Å². The van der Waals surface area contributed by atoms with Crippen molar-refractivity contribution in [3.63, 3.8) is 0 Å². The van der Waals surface area contributed by atoms with E-state index in [1.54, 1.807) is 11.8 Å². The van der Waals surface area contributed by atoms with Gasteiger partial charge in [-0.15, -0.1) is 11.8 Å². The summed E-state index contributed by atoms with van der Waals surface area (Å²) in [6.07, 6.45) is 3.96. The number of aromatic nitrogens is 2. The van der Waals surface area contributed by atoms with Gasteiger partial charge in [-0.25, -0.2) is 0 Å². The van der Waals surface area contributed by atoms with Crippen LogP contribution in [0.1, 0.15) is 31.1 Å². The first-order valence-corrected chi connectivity index (χ1v) is 7.85. The molecule has 0 saturated carbocycles. The van der Waals surface area contributed by atoms with Gasteiger partial charge in [0.05, 0.1) is 5.69 Å². The van der Waals surface area contributed by atoms with E-state index in [1.807, 2.05) is 10.9 Å². The minimum atomic E-state index is 0.344. The molecule has 3 nitrogen and oxygen atoms in total. The molecule has 0 aliphatic rings. The van der Waals surface area contributed by atoms with Gasteiger partial charge < -0.3 is 5.32 Å². The van der Waals surface area contributed by atoms with Crippen LogP contribution in [0.3, 0.4) is 0 Å². The lowest BCUT2D eigenvalue weighted by molar-refractivity contribution is 0.531. The number of benzene rings is 1. The van der Waals surface area contributed by atoms with Gasteiger partial charge in [-0.2, -0.15) is 5.10 Å². The van der Waals surface area contributed by atoms with Gasteiger partial charge in [-0.1, -0.05) is 12.1 Å². The molecule has 1 N–H and O–H groups in total. The monoisotopic (exact) mass is 275 g/mol. The van der Waals surface area contributed by atoms with Gasteiger partial charge in [0.15, 0.2) is 0 Å². The van der Waals surface area contributed by atoms with Gasteiger partial charge in [0.1, 0.15) is 0 Å². The SMILES string of the molecule is CCn1nccc1CNC(C)c1ccc(SC)cc1. The van der Waals surface area contributed by atoms with E-state index in [1.165, 1.54) is 16.2 Å². The molecule has 19 heavy (non-hydrogen) atoms. The number of nitrogens with one attached hydrogen (secondary N) is 1. The maximum Gasteiger partial charge on any atom is 0.0522 e. The summed E-state index contributed by atoms with van der Waals surface area (Å²) in [7, 11) is 0. The van der Waals surface area contributed by atoms with E-state index in [0.29, 0.717) is 6.04 Å². The molecule has 1 atom stereocenters. The highest BCUT2D eigenvalue weighted by Gasteiger charge is 2.06. The zero-order chi connectivity index (χ0) is 13.7. The second-order valence-electron chi connectivity index (χ2n) is 4.51. The van der Waals surface area contributed by atoms with E-state index in [0.717, 1.165) is 13.1 Å². The first kappa shape index (κ1) is 14.2. The number of hydrogen-bond donors (Lipinski definition) is 1. The third-order valence-corrected chi connectivity index (χ3v) is 4.05. The third kappa shape index (κ3) is 3.61. The standard InChI is InChI=1S/C15H21N3S/c1-4-18-14(9-10-17-18)11-16-12(2)13-5-7-15(19-3)8-6-13/h5-10,12,16H,4,11H2,1-3H3. The van der Waals surface area contributed by atoms with Crippen molar-refractivity contribution in [1.82, 2.24) is 15.1 Å². The Hall–Kier alpha value is -1.26. The summed E-state index contributed by atoms with van der Waals surface area (Å²) in [6, 6.07) is 11.2. The Morgan fingerprint density at radius 1 is 1.26 bits per heavy atom. The number of rotatable bonds is 6. The fourth-order valence-corrected chi connectivity index (χ4v) is 2.47. The number of aryl methyl sites for hydroxylation is 1. The van der Waals surface area contributed by atoms with Crippen molar-refractivity contribution >= 4 is 11.8 Å². The highest BCUT2D eigenvalue weighted by molar-refractivity contribution is 7.98. The van der Waals surface area contributed by atoms with Gasteiger partial charge in [-0.3, -0.25) is 4.68 Å². The van der Waals surface area contributed by atoms with Crippen molar-refractivity contribution in [2.24, 2.45) is 0 Å². The van der Waals surface area contributed by atoms with Crippen LogP contribution in [0, 0.1) is 0 Å². The number of thioether (sulfide) groups is 1. The second kappa shape index (κ2) is 6.78. The summed E-state index contributed by atoms with van der Waals surface area (Å²) in [5, 5.41) is 7.83. The molecular formula is C15H21N3S. The first-order chi connectivity index (χ1) is 9.24. The maximum absolute atomic E-state index is 4.28. The molecule has 4 heteroatoms. The van der Waals surface area contributed by atoms with Crippen LogP contribution >= 0.6 is 11.8 Å². The normalized spacial score (nSPS) is 12.6. The van der Waals surface area contributed by atoms with E-state index in [9.17, 15) is 0 Å². The molecule has 2 rings (SSSR count). The van der Waals surface area contributed by atoms with Gasteiger partial charge in [0.2, 0.25) is 0 Å². The average molecular weight is 275 g/mol. The summed E-state index contributed by atoms with van der Waals surface area (Å²) in [5.41, 5.74) is 2.55. The van der Waals surface area contributed by atoms with Crippen LogP contribution in [0.5, 0.6) is 0 Å². The molecule has 0 fully saturated rings. The maximum atomic E-state index is 4.28. The topological polar surface area (TPSA) is 29.9 Å². The molecule has 2 aromatic rings. The molecule has 0 bridgehead atoms. The quantitative estimate of drug-likeness (QED) is 0.819. The summed E-state index contributed by atoms with van der Waals surface area (Å²) >= 11 is 1.77. The Labute approximate surface area is 119 Å². The van der Waals surface area contributed by atoms with E-state index in [2.05, 4.69) is 60.9 Å². The van der Waals surface area contributed by atoms with E-state index >= 15 is 0 Å². The number of nitrogens with zero attached hydrogens (tertiary/aromatic N) is 2. The first-order valence-electron chi connectivity index (χ1n) is 6.62. The average Bonchev–Trinajstić information content (AvgIpc) is 2.92. The van der Waals surface area contributed by atoms with E-state index < -0.39 is 0 Å². The summed E-state index contributed by atoms with van der Waals surface area (Å²) in [4.78, 5) is 1.31. The van der Waals surface area contributed by atoms with Crippen LogP contribution in [0.15, 0.2) is 41.4 Å². The zero-order valence-electron chi connectivity index (χ0n) is 11.8.